The molecule has 2 atom stereocenters. The summed E-state index contributed by atoms with van der Waals surface area (Å²) >= 11 is 1.08. The Morgan fingerprint density at radius 3 is 2.62 bits per heavy atom. The van der Waals surface area contributed by atoms with Crippen LogP contribution >= 0.6 is 11.3 Å². The van der Waals surface area contributed by atoms with Crippen molar-refractivity contribution >= 4 is 28.2 Å². The molecule has 2 heterocycles. The number of anilines is 1. The number of thiazole rings is 1. The molecular weight excluding hydrogens is 294 g/mol. The highest BCUT2D eigenvalue weighted by molar-refractivity contribution is 7.17. The lowest BCUT2D eigenvalue weighted by atomic mass is 10.2. The van der Waals surface area contributed by atoms with Gasteiger partial charge in [-0.1, -0.05) is 11.3 Å². The van der Waals surface area contributed by atoms with Gasteiger partial charge in [0.2, 0.25) is 0 Å². The number of aromatic carboxylic acids is 1. The smallest absolute Gasteiger partial charge is 0.356 e. The van der Waals surface area contributed by atoms with Gasteiger partial charge in [0.1, 0.15) is 4.88 Å². The number of aliphatic hydroxyl groups is 1. The van der Waals surface area contributed by atoms with Crippen LogP contribution in [0.2, 0.25) is 0 Å². The van der Waals surface area contributed by atoms with Gasteiger partial charge >= 0.3 is 5.97 Å². The van der Waals surface area contributed by atoms with Crippen LogP contribution in [0.15, 0.2) is 0 Å². The first-order valence-corrected chi connectivity index (χ1v) is 7.45. The Morgan fingerprint density at radius 1 is 1.48 bits per heavy atom. The summed E-state index contributed by atoms with van der Waals surface area (Å²) in [4.78, 5) is 30.9. The molecule has 21 heavy (non-hydrogen) atoms. The monoisotopic (exact) mass is 313 g/mol. The lowest BCUT2D eigenvalue weighted by Gasteiger charge is -2.26. The average Bonchev–Trinajstić information content (AvgIpc) is 2.92. The Morgan fingerprint density at radius 2 is 2.14 bits per heavy atom. The van der Waals surface area contributed by atoms with Crippen molar-refractivity contribution in [2.75, 3.05) is 32.1 Å². The highest BCUT2D eigenvalue weighted by Gasteiger charge is 2.34. The van der Waals surface area contributed by atoms with E-state index in [0.29, 0.717) is 18.1 Å². The van der Waals surface area contributed by atoms with Gasteiger partial charge in [0.15, 0.2) is 16.6 Å². The van der Waals surface area contributed by atoms with Crippen molar-refractivity contribution in [1.29, 1.82) is 0 Å². The van der Waals surface area contributed by atoms with Crippen LogP contribution in [0.5, 0.6) is 0 Å². The lowest BCUT2D eigenvalue weighted by molar-refractivity contribution is 0.0687. The van der Waals surface area contributed by atoms with Gasteiger partial charge in [0.05, 0.1) is 6.10 Å². The van der Waals surface area contributed by atoms with E-state index in [1.807, 2.05) is 23.9 Å². The fourth-order valence-corrected chi connectivity index (χ4v) is 3.57. The van der Waals surface area contributed by atoms with Crippen LogP contribution < -0.4 is 4.90 Å². The van der Waals surface area contributed by atoms with E-state index in [9.17, 15) is 14.7 Å². The Balaban J connectivity index is 2.33. The maximum atomic E-state index is 11.6. The topological polar surface area (TPSA) is 94.0 Å². The molecule has 0 saturated carbocycles. The van der Waals surface area contributed by atoms with E-state index in [4.69, 9.17) is 5.11 Å². The quantitative estimate of drug-likeness (QED) is 0.766. The summed E-state index contributed by atoms with van der Waals surface area (Å²) in [6.07, 6.45) is 0.142. The number of carbonyl (C=O) groups excluding carboxylic acids is 1. The standard InChI is InChI=1S/C13H19N3O4S/c1-7(17)11-10(12(19)20)14-13(21-11)16-6-9(18)4-8(16)5-15(2)3/h8-9,18H,4-6H2,1-3H3,(H,19,20). The number of nitrogens with zero attached hydrogens (tertiary/aromatic N) is 3. The number of carboxylic acids is 1. The number of hydrogen-bond acceptors (Lipinski definition) is 7. The van der Waals surface area contributed by atoms with Crippen LogP contribution in [0.4, 0.5) is 5.13 Å². The molecule has 0 bridgehead atoms. The third-order valence-electron chi connectivity index (χ3n) is 3.35. The van der Waals surface area contributed by atoms with Crippen molar-refractivity contribution in [3.63, 3.8) is 0 Å². The fraction of sp³-hybridized carbons (Fsp3) is 0.615. The number of rotatable bonds is 5. The van der Waals surface area contributed by atoms with Crippen LogP contribution in [0.1, 0.15) is 33.5 Å². The number of Topliss-reactive ketones (excluding diaryl/α,β-unsaturated/α-hetero) is 1. The average molecular weight is 313 g/mol. The summed E-state index contributed by atoms with van der Waals surface area (Å²) in [6.45, 7) is 2.47. The molecule has 1 saturated heterocycles. The van der Waals surface area contributed by atoms with Crippen LogP contribution in [-0.4, -0.2) is 71.2 Å². The second-order valence-corrected chi connectivity index (χ2v) is 6.47. The number of β-amino-alcohol motifs (C(OH)–C–C–N with tert-alkyl or cyclic N) is 1. The number of likely N-dealkylation sites (N-methyl/N-ethyl adjacent to an activating group) is 1. The highest BCUT2D eigenvalue weighted by Crippen LogP contribution is 2.32. The molecule has 0 amide bonds. The van der Waals surface area contributed by atoms with E-state index in [1.54, 1.807) is 0 Å². The minimum Gasteiger partial charge on any atom is -0.476 e. The molecule has 1 fully saturated rings. The van der Waals surface area contributed by atoms with Crippen LogP contribution in [0, 0.1) is 0 Å². The van der Waals surface area contributed by atoms with Crippen molar-refractivity contribution in [2.24, 2.45) is 0 Å². The number of ketones is 1. The van der Waals surface area contributed by atoms with Gasteiger partial charge in [-0.25, -0.2) is 9.78 Å². The van der Waals surface area contributed by atoms with Crippen molar-refractivity contribution in [3.05, 3.63) is 10.6 Å². The lowest BCUT2D eigenvalue weighted by Crippen LogP contribution is -2.37. The first-order valence-electron chi connectivity index (χ1n) is 6.64. The van der Waals surface area contributed by atoms with Gasteiger partial charge in [0, 0.05) is 26.1 Å². The second-order valence-electron chi connectivity index (χ2n) is 5.49. The molecule has 1 aliphatic heterocycles. The minimum atomic E-state index is -1.20. The molecule has 1 aromatic rings. The first kappa shape index (κ1) is 15.9. The number of hydrogen-bond donors (Lipinski definition) is 2. The van der Waals surface area contributed by atoms with Crippen molar-refractivity contribution in [1.82, 2.24) is 9.88 Å². The molecule has 7 nitrogen and oxygen atoms in total. The molecule has 2 unspecified atom stereocenters. The summed E-state index contributed by atoms with van der Waals surface area (Å²) in [5.41, 5.74) is -0.201. The van der Waals surface area contributed by atoms with E-state index in [2.05, 4.69) is 4.98 Å². The molecule has 1 aromatic heterocycles. The number of aromatic nitrogens is 1. The molecular formula is C13H19N3O4S. The van der Waals surface area contributed by atoms with Crippen molar-refractivity contribution < 1.29 is 19.8 Å². The van der Waals surface area contributed by atoms with Crippen molar-refractivity contribution in [2.45, 2.75) is 25.5 Å². The first-order chi connectivity index (χ1) is 9.79. The van der Waals surface area contributed by atoms with E-state index >= 15 is 0 Å². The fourth-order valence-electron chi connectivity index (χ4n) is 2.54. The summed E-state index contributed by atoms with van der Waals surface area (Å²) in [7, 11) is 3.88. The molecule has 2 rings (SSSR count). The molecule has 2 N–H and O–H groups in total. The van der Waals surface area contributed by atoms with E-state index in [0.717, 1.165) is 17.9 Å². The van der Waals surface area contributed by atoms with Crippen LogP contribution in [0.25, 0.3) is 0 Å². The van der Waals surface area contributed by atoms with Crippen LogP contribution in [-0.2, 0) is 0 Å². The summed E-state index contributed by atoms with van der Waals surface area (Å²) in [5.74, 6) is -1.51. The van der Waals surface area contributed by atoms with Gasteiger partial charge in [-0.2, -0.15) is 0 Å². The Hall–Kier alpha value is -1.51. The number of carbonyl (C=O) groups is 2. The van der Waals surface area contributed by atoms with Gasteiger partial charge in [-0.3, -0.25) is 4.79 Å². The second kappa shape index (κ2) is 6.08. The molecule has 8 heteroatoms. The zero-order valence-electron chi connectivity index (χ0n) is 12.2. The van der Waals surface area contributed by atoms with E-state index in [-0.39, 0.29) is 22.4 Å². The SMILES string of the molecule is CC(=O)c1sc(N2CC(O)CC2CN(C)C)nc1C(=O)O. The van der Waals surface area contributed by atoms with Crippen molar-refractivity contribution in [3.8, 4) is 0 Å². The summed E-state index contributed by atoms with van der Waals surface area (Å²) < 4.78 is 0. The summed E-state index contributed by atoms with van der Waals surface area (Å²) in [6, 6.07) is 0.0580. The van der Waals surface area contributed by atoms with Gasteiger partial charge < -0.3 is 20.0 Å². The maximum Gasteiger partial charge on any atom is 0.356 e. The van der Waals surface area contributed by atoms with Crippen LogP contribution in [0.3, 0.4) is 0 Å². The van der Waals surface area contributed by atoms with Gasteiger partial charge in [0.25, 0.3) is 0 Å². The number of aliphatic hydroxyl groups excluding tert-OH is 1. The highest BCUT2D eigenvalue weighted by atomic mass is 32.1. The largest absolute Gasteiger partial charge is 0.476 e. The normalized spacial score (nSPS) is 22.0. The third-order valence-corrected chi connectivity index (χ3v) is 4.55. The predicted molar refractivity (Wildman–Crippen MR) is 79.4 cm³/mol. The van der Waals surface area contributed by atoms with E-state index in [1.165, 1.54) is 6.92 Å². The molecule has 0 radical (unpaired) electrons. The van der Waals surface area contributed by atoms with Gasteiger partial charge in [-0.05, 0) is 20.5 Å². The molecule has 116 valence electrons. The molecule has 0 spiro atoms. The molecule has 0 aromatic carbocycles. The number of carboxylic acid groups (broad SMARTS) is 1. The van der Waals surface area contributed by atoms with Gasteiger partial charge in [-0.15, -0.1) is 0 Å². The Labute approximate surface area is 126 Å². The Kier molecular flexibility index (Phi) is 4.60. The molecule has 0 aliphatic carbocycles. The van der Waals surface area contributed by atoms with E-state index < -0.39 is 12.1 Å². The zero-order chi connectivity index (χ0) is 15.7. The Bertz CT molecular complexity index is 526. The molecule has 1 aliphatic rings. The minimum absolute atomic E-state index is 0.0580. The predicted octanol–water partition coefficient (Wildman–Crippen LogP) is 0.545. The zero-order valence-corrected chi connectivity index (χ0v) is 13.1. The maximum absolute atomic E-state index is 11.6. The third kappa shape index (κ3) is 3.39. The summed E-state index contributed by atoms with van der Waals surface area (Å²) in [5, 5.41) is 19.5.